The zero-order chi connectivity index (χ0) is 16.2. The molecule has 1 amide bonds. The van der Waals surface area contributed by atoms with Crippen LogP contribution in [0.5, 0.6) is 0 Å². The van der Waals surface area contributed by atoms with E-state index in [9.17, 15) is 4.79 Å². The van der Waals surface area contributed by atoms with Gasteiger partial charge in [0.25, 0.3) is 5.91 Å². The molecule has 0 aliphatic carbocycles. The highest BCUT2D eigenvalue weighted by Crippen LogP contribution is 2.19. The van der Waals surface area contributed by atoms with E-state index in [1.165, 1.54) is 6.26 Å². The van der Waals surface area contributed by atoms with Crippen molar-refractivity contribution in [3.8, 4) is 11.4 Å². The van der Waals surface area contributed by atoms with Crippen molar-refractivity contribution < 1.29 is 13.7 Å². The van der Waals surface area contributed by atoms with Crippen LogP contribution in [0.15, 0.2) is 51.6 Å². The lowest BCUT2D eigenvalue weighted by molar-refractivity contribution is 0.0702. The van der Waals surface area contributed by atoms with Gasteiger partial charge in [0, 0.05) is 17.1 Å². The predicted octanol–water partition coefficient (Wildman–Crippen LogP) is 3.65. The molecule has 0 aliphatic heterocycles. The second-order valence-electron chi connectivity index (χ2n) is 4.82. The number of halogens is 1. The molecule has 0 atom stereocenters. The van der Waals surface area contributed by atoms with Gasteiger partial charge in [-0.3, -0.25) is 4.79 Å². The summed E-state index contributed by atoms with van der Waals surface area (Å²) in [6, 6.07) is 10.4. The second-order valence-corrected chi connectivity index (χ2v) is 5.25. The topological polar surface area (TPSA) is 72.4 Å². The summed E-state index contributed by atoms with van der Waals surface area (Å²) in [7, 11) is 0. The highest BCUT2D eigenvalue weighted by atomic mass is 35.5. The minimum absolute atomic E-state index is 0.219. The van der Waals surface area contributed by atoms with Crippen molar-refractivity contribution in [2.45, 2.75) is 13.5 Å². The van der Waals surface area contributed by atoms with Crippen molar-refractivity contribution >= 4 is 17.5 Å². The van der Waals surface area contributed by atoms with Gasteiger partial charge in [0.2, 0.25) is 11.7 Å². The lowest BCUT2D eigenvalue weighted by atomic mass is 10.2. The molecule has 2 aromatic heterocycles. The number of carbonyl (C=O) groups excluding carboxylic acids is 1. The van der Waals surface area contributed by atoms with E-state index in [0.29, 0.717) is 23.3 Å². The highest BCUT2D eigenvalue weighted by molar-refractivity contribution is 6.30. The number of rotatable bonds is 5. The van der Waals surface area contributed by atoms with Gasteiger partial charge >= 0.3 is 0 Å². The molecule has 0 bridgehead atoms. The van der Waals surface area contributed by atoms with Crippen LogP contribution in [-0.2, 0) is 6.54 Å². The molecule has 0 fully saturated rings. The van der Waals surface area contributed by atoms with Gasteiger partial charge in [0.1, 0.15) is 6.54 Å². The summed E-state index contributed by atoms with van der Waals surface area (Å²) in [6.45, 7) is 2.59. The molecule has 3 aromatic rings. The molecule has 1 aromatic carbocycles. The van der Waals surface area contributed by atoms with E-state index in [4.69, 9.17) is 20.5 Å². The van der Waals surface area contributed by atoms with Crippen molar-refractivity contribution in [3.05, 3.63) is 59.3 Å². The Labute approximate surface area is 137 Å². The zero-order valence-electron chi connectivity index (χ0n) is 12.4. The lowest BCUT2D eigenvalue weighted by Gasteiger charge is -2.16. The highest BCUT2D eigenvalue weighted by Gasteiger charge is 2.20. The second kappa shape index (κ2) is 6.66. The maximum absolute atomic E-state index is 12.3. The van der Waals surface area contributed by atoms with E-state index in [-0.39, 0.29) is 18.2 Å². The zero-order valence-corrected chi connectivity index (χ0v) is 13.2. The quantitative estimate of drug-likeness (QED) is 0.713. The molecule has 0 N–H and O–H groups in total. The van der Waals surface area contributed by atoms with E-state index in [2.05, 4.69) is 10.1 Å². The molecule has 3 rings (SSSR count). The summed E-state index contributed by atoms with van der Waals surface area (Å²) in [4.78, 5) is 18.2. The van der Waals surface area contributed by atoms with Crippen molar-refractivity contribution in [1.82, 2.24) is 15.0 Å². The molecule has 0 spiro atoms. The molecule has 118 valence electrons. The number of aromatic nitrogens is 2. The fourth-order valence-electron chi connectivity index (χ4n) is 2.08. The van der Waals surface area contributed by atoms with Gasteiger partial charge < -0.3 is 13.8 Å². The van der Waals surface area contributed by atoms with Crippen LogP contribution in [0, 0.1) is 0 Å². The molecule has 6 nitrogen and oxygen atoms in total. The van der Waals surface area contributed by atoms with Crippen molar-refractivity contribution in [2.24, 2.45) is 0 Å². The molecular weight excluding hydrogens is 318 g/mol. The number of amides is 1. The van der Waals surface area contributed by atoms with Gasteiger partial charge in [-0.15, -0.1) is 0 Å². The number of hydrogen-bond acceptors (Lipinski definition) is 5. The Balaban J connectivity index is 1.75. The Morgan fingerprint density at radius 3 is 2.70 bits per heavy atom. The molecule has 0 radical (unpaired) electrons. The summed E-state index contributed by atoms with van der Waals surface area (Å²) in [5.41, 5.74) is 0.796. The fourth-order valence-corrected chi connectivity index (χ4v) is 2.21. The first-order valence-electron chi connectivity index (χ1n) is 7.08. The Morgan fingerprint density at radius 2 is 2.04 bits per heavy atom. The Hall–Kier alpha value is -2.60. The molecule has 0 saturated heterocycles. The summed E-state index contributed by atoms with van der Waals surface area (Å²) < 4.78 is 10.4. The van der Waals surface area contributed by atoms with Gasteiger partial charge in [-0.2, -0.15) is 4.98 Å². The summed E-state index contributed by atoms with van der Waals surface area (Å²) in [5, 5.41) is 4.57. The number of benzene rings is 1. The van der Waals surface area contributed by atoms with Gasteiger partial charge in [0.05, 0.1) is 6.26 Å². The van der Waals surface area contributed by atoms with Crippen molar-refractivity contribution in [1.29, 1.82) is 0 Å². The fraction of sp³-hybridized carbons (Fsp3) is 0.188. The van der Waals surface area contributed by atoms with Crippen LogP contribution in [-0.4, -0.2) is 27.5 Å². The van der Waals surface area contributed by atoms with Gasteiger partial charge in [-0.05, 0) is 43.3 Å². The van der Waals surface area contributed by atoms with Gasteiger partial charge in [0.15, 0.2) is 5.76 Å². The first kappa shape index (κ1) is 15.3. The summed E-state index contributed by atoms with van der Waals surface area (Å²) >= 11 is 5.86. The molecule has 23 heavy (non-hydrogen) atoms. The van der Waals surface area contributed by atoms with Crippen molar-refractivity contribution in [3.63, 3.8) is 0 Å². The predicted molar refractivity (Wildman–Crippen MR) is 83.9 cm³/mol. The summed E-state index contributed by atoms with van der Waals surface area (Å²) in [6.07, 6.45) is 1.46. The Morgan fingerprint density at radius 1 is 1.26 bits per heavy atom. The molecule has 0 aliphatic rings. The molecule has 0 unspecified atom stereocenters. The third-order valence-corrected chi connectivity index (χ3v) is 3.55. The van der Waals surface area contributed by atoms with Crippen LogP contribution in [0.4, 0.5) is 0 Å². The van der Waals surface area contributed by atoms with Crippen LogP contribution in [0.2, 0.25) is 5.02 Å². The van der Waals surface area contributed by atoms with Crippen LogP contribution >= 0.6 is 11.6 Å². The van der Waals surface area contributed by atoms with E-state index in [1.807, 2.05) is 19.1 Å². The number of carbonyl (C=O) groups is 1. The Kier molecular flexibility index (Phi) is 4.43. The molecule has 7 heteroatoms. The third-order valence-electron chi connectivity index (χ3n) is 3.30. The SMILES string of the molecule is CCN(Cc1nc(-c2ccc(Cl)cc2)no1)C(=O)c1ccco1. The van der Waals surface area contributed by atoms with Crippen LogP contribution in [0.1, 0.15) is 23.4 Å². The van der Waals surface area contributed by atoms with E-state index in [1.54, 1.807) is 29.2 Å². The normalized spacial score (nSPS) is 10.7. The molecule has 0 saturated carbocycles. The number of furan rings is 1. The van der Waals surface area contributed by atoms with Crippen LogP contribution < -0.4 is 0 Å². The van der Waals surface area contributed by atoms with Crippen molar-refractivity contribution in [2.75, 3.05) is 6.54 Å². The standard InChI is InChI=1S/C16H14ClN3O3/c1-2-20(16(21)13-4-3-9-22-13)10-14-18-15(19-23-14)11-5-7-12(17)8-6-11/h3-9H,2,10H2,1H3. The van der Waals surface area contributed by atoms with E-state index in [0.717, 1.165) is 5.56 Å². The lowest BCUT2D eigenvalue weighted by Crippen LogP contribution is -2.30. The Bertz CT molecular complexity index is 781. The average molecular weight is 332 g/mol. The maximum Gasteiger partial charge on any atom is 0.290 e. The smallest absolute Gasteiger partial charge is 0.290 e. The number of nitrogens with zero attached hydrogens (tertiary/aromatic N) is 3. The van der Waals surface area contributed by atoms with Gasteiger partial charge in [-0.1, -0.05) is 16.8 Å². The maximum atomic E-state index is 12.3. The minimum atomic E-state index is -0.219. The first-order chi connectivity index (χ1) is 11.2. The monoisotopic (exact) mass is 331 g/mol. The third kappa shape index (κ3) is 3.43. The average Bonchev–Trinajstić information content (AvgIpc) is 3.24. The van der Waals surface area contributed by atoms with E-state index < -0.39 is 0 Å². The molecule has 2 heterocycles. The minimum Gasteiger partial charge on any atom is -0.459 e. The van der Waals surface area contributed by atoms with Crippen LogP contribution in [0.3, 0.4) is 0 Å². The largest absolute Gasteiger partial charge is 0.459 e. The molecular formula is C16H14ClN3O3. The summed E-state index contributed by atoms with van der Waals surface area (Å²) in [5.74, 6) is 0.878. The van der Waals surface area contributed by atoms with E-state index >= 15 is 0 Å². The van der Waals surface area contributed by atoms with Crippen LogP contribution in [0.25, 0.3) is 11.4 Å². The number of hydrogen-bond donors (Lipinski definition) is 0. The van der Waals surface area contributed by atoms with Gasteiger partial charge in [-0.25, -0.2) is 0 Å². The first-order valence-corrected chi connectivity index (χ1v) is 7.46.